The molecule has 4 aromatic rings. The van der Waals surface area contributed by atoms with Crippen LogP contribution in [0.5, 0.6) is 5.88 Å². The van der Waals surface area contributed by atoms with Gasteiger partial charge in [-0.15, -0.1) is 5.10 Å². The van der Waals surface area contributed by atoms with Gasteiger partial charge in [0, 0.05) is 42.5 Å². The minimum atomic E-state index is -2.96. The van der Waals surface area contributed by atoms with Crippen LogP contribution in [-0.4, -0.2) is 80.3 Å². The first kappa shape index (κ1) is 21.2. The summed E-state index contributed by atoms with van der Waals surface area (Å²) in [4.78, 5) is 10.1. The molecule has 6 rings (SSSR count). The summed E-state index contributed by atoms with van der Waals surface area (Å²) in [6.45, 7) is 1.20. The van der Waals surface area contributed by atoms with Gasteiger partial charge >= 0.3 is 0 Å². The molecule has 2 aliphatic heterocycles. The van der Waals surface area contributed by atoms with Gasteiger partial charge in [-0.05, 0) is 18.6 Å². The number of imidazole rings is 1. The standard InChI is InChI=1S/C22H22F3N7O2/c1-33-20-18-15(13-8-16(23)19-26-4-7-30(19)9-13)2-6-32(18)29-21(28-20)27-17-3-5-31(12-22(17,24)25)14-10-34-11-14/h2,4,6-9,14,17H,3,5,10-12H2,1H3,(H,27,29). The van der Waals surface area contributed by atoms with Crippen molar-refractivity contribution in [3.63, 3.8) is 0 Å². The van der Waals surface area contributed by atoms with Crippen molar-refractivity contribution in [2.45, 2.75) is 24.4 Å². The summed E-state index contributed by atoms with van der Waals surface area (Å²) < 4.78 is 58.0. The van der Waals surface area contributed by atoms with Crippen LogP contribution >= 0.6 is 0 Å². The third-order valence-corrected chi connectivity index (χ3v) is 6.50. The normalized spacial score (nSPS) is 21.1. The van der Waals surface area contributed by atoms with Crippen molar-refractivity contribution in [2.24, 2.45) is 0 Å². The van der Waals surface area contributed by atoms with Gasteiger partial charge in [0.2, 0.25) is 11.8 Å². The fourth-order valence-corrected chi connectivity index (χ4v) is 4.61. The largest absolute Gasteiger partial charge is 0.479 e. The minimum Gasteiger partial charge on any atom is -0.479 e. The fraction of sp³-hybridized carbons (Fsp3) is 0.409. The number of methoxy groups -OCH3 is 1. The number of nitrogens with one attached hydrogen (secondary N) is 1. The minimum absolute atomic E-state index is 0.0350. The SMILES string of the molecule is COc1nc(NC2CCN(C3COC3)CC2(F)F)nn2ccc(-c3cc(F)c4nccn4c3)c12. The van der Waals surface area contributed by atoms with E-state index in [-0.39, 0.29) is 36.5 Å². The summed E-state index contributed by atoms with van der Waals surface area (Å²) in [6.07, 6.45) is 6.82. The zero-order valence-electron chi connectivity index (χ0n) is 18.3. The Bertz CT molecular complexity index is 1370. The zero-order valence-corrected chi connectivity index (χ0v) is 18.3. The number of alkyl halides is 2. The van der Waals surface area contributed by atoms with E-state index in [9.17, 15) is 13.2 Å². The molecule has 0 amide bonds. The second kappa shape index (κ2) is 7.84. The molecule has 12 heteroatoms. The molecule has 2 aliphatic rings. The first-order chi connectivity index (χ1) is 16.4. The number of likely N-dealkylation sites (tertiary alicyclic amines) is 1. The summed E-state index contributed by atoms with van der Waals surface area (Å²) in [5.74, 6) is -3.20. The van der Waals surface area contributed by atoms with Gasteiger partial charge in [-0.2, -0.15) is 4.98 Å². The molecule has 0 aromatic carbocycles. The Balaban J connectivity index is 1.31. The topological polar surface area (TPSA) is 81.2 Å². The summed E-state index contributed by atoms with van der Waals surface area (Å²) in [7, 11) is 1.44. The van der Waals surface area contributed by atoms with Gasteiger partial charge in [-0.25, -0.2) is 22.7 Å². The van der Waals surface area contributed by atoms with Gasteiger partial charge in [0.05, 0.1) is 39.0 Å². The molecule has 1 atom stereocenters. The van der Waals surface area contributed by atoms with E-state index >= 15 is 0 Å². The van der Waals surface area contributed by atoms with E-state index in [2.05, 4.69) is 20.4 Å². The molecule has 0 bridgehead atoms. The third-order valence-electron chi connectivity index (χ3n) is 6.50. The summed E-state index contributed by atoms with van der Waals surface area (Å²) in [5.41, 5.74) is 1.93. The van der Waals surface area contributed by atoms with Crippen molar-refractivity contribution in [3.8, 4) is 17.0 Å². The highest BCUT2D eigenvalue weighted by Crippen LogP contribution is 2.34. The predicted molar refractivity (Wildman–Crippen MR) is 117 cm³/mol. The maximum Gasteiger partial charge on any atom is 0.280 e. The van der Waals surface area contributed by atoms with E-state index < -0.39 is 17.8 Å². The van der Waals surface area contributed by atoms with Crippen LogP contribution < -0.4 is 10.1 Å². The number of fused-ring (bicyclic) bond motifs is 2. The van der Waals surface area contributed by atoms with Crippen molar-refractivity contribution in [1.82, 2.24) is 28.9 Å². The van der Waals surface area contributed by atoms with Crippen LogP contribution in [0.25, 0.3) is 22.3 Å². The molecule has 4 aromatic heterocycles. The van der Waals surface area contributed by atoms with E-state index in [1.54, 1.807) is 34.0 Å². The van der Waals surface area contributed by atoms with Gasteiger partial charge in [0.15, 0.2) is 11.5 Å². The van der Waals surface area contributed by atoms with Crippen molar-refractivity contribution < 1.29 is 22.6 Å². The molecule has 2 fully saturated rings. The highest BCUT2D eigenvalue weighted by Gasteiger charge is 2.47. The summed E-state index contributed by atoms with van der Waals surface area (Å²) in [5, 5.41) is 7.19. The molecule has 1 unspecified atom stereocenters. The molecule has 0 aliphatic carbocycles. The van der Waals surface area contributed by atoms with Gasteiger partial charge < -0.3 is 19.2 Å². The van der Waals surface area contributed by atoms with Gasteiger partial charge in [-0.1, -0.05) is 0 Å². The summed E-state index contributed by atoms with van der Waals surface area (Å²) >= 11 is 0. The lowest BCUT2D eigenvalue weighted by molar-refractivity contribution is -0.131. The van der Waals surface area contributed by atoms with Crippen LogP contribution in [0.4, 0.5) is 19.1 Å². The monoisotopic (exact) mass is 473 g/mol. The highest BCUT2D eigenvalue weighted by molar-refractivity contribution is 5.84. The fourth-order valence-electron chi connectivity index (χ4n) is 4.61. The Kier molecular flexibility index (Phi) is 4.88. The van der Waals surface area contributed by atoms with Crippen LogP contribution in [0, 0.1) is 5.82 Å². The van der Waals surface area contributed by atoms with Crippen LogP contribution in [0.15, 0.2) is 36.9 Å². The zero-order chi connectivity index (χ0) is 23.4. The van der Waals surface area contributed by atoms with E-state index in [4.69, 9.17) is 9.47 Å². The maximum atomic E-state index is 14.9. The lowest BCUT2D eigenvalue weighted by Crippen LogP contribution is -2.61. The Morgan fingerprint density at radius 2 is 2.12 bits per heavy atom. The molecule has 9 nitrogen and oxygen atoms in total. The van der Waals surface area contributed by atoms with Crippen LogP contribution in [0.3, 0.4) is 0 Å². The Morgan fingerprint density at radius 3 is 2.85 bits per heavy atom. The smallest absolute Gasteiger partial charge is 0.280 e. The molecule has 1 N–H and O–H groups in total. The van der Waals surface area contributed by atoms with Crippen molar-refractivity contribution in [3.05, 3.63) is 42.7 Å². The van der Waals surface area contributed by atoms with Gasteiger partial charge in [0.25, 0.3) is 5.92 Å². The number of pyridine rings is 1. The number of hydrogen-bond acceptors (Lipinski definition) is 7. The lowest BCUT2D eigenvalue weighted by Gasteiger charge is -2.44. The van der Waals surface area contributed by atoms with Crippen molar-refractivity contribution in [1.29, 1.82) is 0 Å². The number of hydrogen-bond donors (Lipinski definition) is 1. The number of aromatic nitrogens is 5. The Hall–Kier alpha value is -3.38. The third kappa shape index (κ3) is 3.44. The van der Waals surface area contributed by atoms with E-state index in [0.29, 0.717) is 36.4 Å². The number of ether oxygens (including phenoxy) is 2. The summed E-state index contributed by atoms with van der Waals surface area (Å²) in [6, 6.07) is 2.08. The van der Waals surface area contributed by atoms with Crippen LogP contribution in [0.2, 0.25) is 0 Å². The lowest BCUT2D eigenvalue weighted by atomic mass is 9.98. The van der Waals surface area contributed by atoms with Crippen LogP contribution in [0.1, 0.15) is 6.42 Å². The number of rotatable bonds is 5. The molecule has 0 saturated carbocycles. The number of halogens is 3. The maximum absolute atomic E-state index is 14.9. The second-order valence-corrected chi connectivity index (χ2v) is 8.61. The number of nitrogens with zero attached hydrogens (tertiary/aromatic N) is 6. The van der Waals surface area contributed by atoms with Crippen molar-refractivity contribution >= 4 is 17.1 Å². The van der Waals surface area contributed by atoms with Gasteiger partial charge in [-0.3, -0.25) is 4.90 Å². The second-order valence-electron chi connectivity index (χ2n) is 8.61. The van der Waals surface area contributed by atoms with Crippen LogP contribution in [-0.2, 0) is 4.74 Å². The Labute approximate surface area is 192 Å². The predicted octanol–water partition coefficient (Wildman–Crippen LogP) is 2.71. The first-order valence-electron chi connectivity index (χ1n) is 10.9. The quantitative estimate of drug-likeness (QED) is 0.477. The van der Waals surface area contributed by atoms with Crippen molar-refractivity contribution in [2.75, 3.05) is 38.7 Å². The average molecular weight is 473 g/mol. The van der Waals surface area contributed by atoms with E-state index in [1.807, 2.05) is 0 Å². The molecule has 2 saturated heterocycles. The molecule has 178 valence electrons. The van der Waals surface area contributed by atoms with Gasteiger partial charge in [0.1, 0.15) is 5.52 Å². The molecule has 0 radical (unpaired) electrons. The molecule has 34 heavy (non-hydrogen) atoms. The van der Waals surface area contributed by atoms with E-state index in [1.165, 1.54) is 23.9 Å². The Morgan fingerprint density at radius 1 is 1.26 bits per heavy atom. The molecular formula is C22H22F3N7O2. The number of piperidine rings is 1. The van der Waals surface area contributed by atoms with E-state index in [0.717, 1.165) is 0 Å². The first-order valence-corrected chi connectivity index (χ1v) is 10.9. The molecule has 0 spiro atoms. The average Bonchev–Trinajstić information content (AvgIpc) is 3.41. The molecule has 6 heterocycles. The molecular weight excluding hydrogens is 451 g/mol. The number of anilines is 1. The highest BCUT2D eigenvalue weighted by atomic mass is 19.3.